The van der Waals surface area contributed by atoms with Crippen LogP contribution in [0.25, 0.3) is 9.69 Å². The monoisotopic (exact) mass is 334 g/mol. The first-order valence-electron chi connectivity index (χ1n) is 2.93. The van der Waals surface area contributed by atoms with Crippen LogP contribution in [0.3, 0.4) is 0 Å². The van der Waals surface area contributed by atoms with Gasteiger partial charge < -0.3 is 9.69 Å². The van der Waals surface area contributed by atoms with E-state index in [0.717, 1.165) is 0 Å². The second-order valence-corrected chi connectivity index (χ2v) is 2.19. The van der Waals surface area contributed by atoms with E-state index < -0.39 is 0 Å². The summed E-state index contributed by atoms with van der Waals surface area (Å²) >= 11 is 0. The second-order valence-electron chi connectivity index (χ2n) is 2.19. The van der Waals surface area contributed by atoms with E-state index >= 15 is 0 Å². The first-order valence-corrected chi connectivity index (χ1v) is 2.93. The fraction of sp³-hybridized carbons (Fsp3) is 0.714. The predicted molar refractivity (Wildman–Crippen MR) is 36.7 cm³/mol. The molecule has 0 amide bonds. The van der Waals surface area contributed by atoms with E-state index in [9.17, 15) is 0 Å². The van der Waals surface area contributed by atoms with Crippen LogP contribution < -0.4 is 0 Å². The van der Waals surface area contributed by atoms with Gasteiger partial charge in [0.1, 0.15) is 0 Å². The van der Waals surface area contributed by atoms with Gasteiger partial charge in [-0.05, 0) is 0 Å². The van der Waals surface area contributed by atoms with Crippen LogP contribution in [0.1, 0.15) is 20.3 Å². The third kappa shape index (κ3) is 10.3. The molecule has 0 heterocycles. The Morgan fingerprint density at radius 3 is 1.45 bits per heavy atom. The van der Waals surface area contributed by atoms with Gasteiger partial charge in [0.15, 0.2) is 0 Å². The number of rotatable bonds is 2. The van der Waals surface area contributed by atoms with Crippen molar-refractivity contribution in [2.24, 2.45) is 0 Å². The zero-order valence-electron chi connectivity index (χ0n) is 6.39. The molecule has 0 aromatic rings. The summed E-state index contributed by atoms with van der Waals surface area (Å²) in [5, 5.41) is 0. The zero-order valence-corrected chi connectivity index (χ0v) is 9.50. The summed E-state index contributed by atoms with van der Waals surface area (Å²) in [6.45, 7) is 16.9. The molecule has 0 rings (SSSR count). The van der Waals surface area contributed by atoms with Crippen molar-refractivity contribution in [2.45, 2.75) is 32.4 Å². The number of hydrogen-bond donors (Lipinski definition) is 0. The minimum Gasteiger partial charge on any atom is -0.314 e. The third-order valence-electron chi connectivity index (χ3n) is 1.12. The van der Waals surface area contributed by atoms with Crippen LogP contribution in [0.5, 0.6) is 0 Å². The van der Waals surface area contributed by atoms with Crippen molar-refractivity contribution in [1.29, 1.82) is 0 Å². The van der Waals surface area contributed by atoms with Gasteiger partial charge in [0.05, 0.1) is 6.42 Å². The fourth-order valence-corrected chi connectivity index (χ4v) is 0.599. The Balaban J connectivity index is -0.000000320. The van der Waals surface area contributed by atoms with Crippen molar-refractivity contribution >= 4 is 0 Å². The molecule has 0 saturated carbocycles. The van der Waals surface area contributed by atoms with Crippen LogP contribution >= 0.6 is 0 Å². The molecule has 0 N–H and O–H groups in total. The van der Waals surface area contributed by atoms with Crippen molar-refractivity contribution in [3.8, 4) is 0 Å². The Hall–Kier alpha value is 0.305. The molecule has 0 aliphatic heterocycles. The quantitative estimate of drug-likeness (QED) is 0.539. The van der Waals surface area contributed by atoms with Crippen LogP contribution in [0.15, 0.2) is 0 Å². The molecule has 68 valence electrons. The molecule has 0 aromatic carbocycles. The molecule has 0 aromatic heterocycles. The van der Waals surface area contributed by atoms with E-state index in [-0.39, 0.29) is 52.9 Å². The minimum atomic E-state index is 0. The zero-order chi connectivity index (χ0) is 7.28. The molecule has 2 nitrogen and oxygen atoms in total. The molecule has 2 atom stereocenters. The molecular weight excluding hydrogens is 325 g/mol. The average molecular weight is 335 g/mol. The Labute approximate surface area is 95.7 Å². The maximum atomic E-state index is 6.60. The van der Waals surface area contributed by atoms with Gasteiger partial charge in [-0.15, -0.1) is 0 Å². The molecular formula is C7H10N2Pd2. The first kappa shape index (κ1) is 17.4. The Kier molecular flexibility index (Phi) is 16.3. The molecule has 0 bridgehead atoms. The summed E-state index contributed by atoms with van der Waals surface area (Å²) in [4.78, 5) is 6.57. The SMILES string of the molecule is [C-]#[N+]C(C)CC(C)[N+]#[C-].[Pd].[Pd]. The van der Waals surface area contributed by atoms with Crippen molar-refractivity contribution in [3.63, 3.8) is 0 Å². The summed E-state index contributed by atoms with van der Waals surface area (Å²) in [7, 11) is 0. The minimum absolute atomic E-state index is 0. The van der Waals surface area contributed by atoms with E-state index in [2.05, 4.69) is 9.69 Å². The van der Waals surface area contributed by atoms with Crippen molar-refractivity contribution in [2.75, 3.05) is 0 Å². The van der Waals surface area contributed by atoms with E-state index in [0.29, 0.717) is 6.42 Å². The van der Waals surface area contributed by atoms with Crippen LogP contribution in [-0.2, 0) is 40.8 Å². The van der Waals surface area contributed by atoms with Crippen LogP contribution in [0.2, 0.25) is 0 Å². The van der Waals surface area contributed by atoms with Crippen LogP contribution in [0.4, 0.5) is 0 Å². The molecule has 0 radical (unpaired) electrons. The van der Waals surface area contributed by atoms with Crippen molar-refractivity contribution < 1.29 is 40.8 Å². The molecule has 0 spiro atoms. The maximum absolute atomic E-state index is 6.60. The Morgan fingerprint density at radius 2 is 1.27 bits per heavy atom. The Morgan fingerprint density at radius 1 is 1.00 bits per heavy atom. The van der Waals surface area contributed by atoms with E-state index in [4.69, 9.17) is 13.1 Å². The molecule has 11 heavy (non-hydrogen) atoms. The van der Waals surface area contributed by atoms with Gasteiger partial charge in [-0.2, -0.15) is 0 Å². The molecule has 4 heteroatoms. The number of hydrogen-bond acceptors (Lipinski definition) is 0. The van der Waals surface area contributed by atoms with Gasteiger partial charge in [-0.3, -0.25) is 0 Å². The predicted octanol–water partition coefficient (Wildman–Crippen LogP) is 1.99. The van der Waals surface area contributed by atoms with E-state index in [1.54, 1.807) is 0 Å². The number of nitrogens with zero attached hydrogens (tertiary/aromatic N) is 2. The van der Waals surface area contributed by atoms with Crippen LogP contribution in [-0.4, -0.2) is 12.1 Å². The summed E-state index contributed by atoms with van der Waals surface area (Å²) < 4.78 is 0. The first-order chi connectivity index (χ1) is 4.20. The van der Waals surface area contributed by atoms with Gasteiger partial charge in [0.2, 0.25) is 12.1 Å². The topological polar surface area (TPSA) is 8.72 Å². The Bertz CT molecular complexity index is 139. The van der Waals surface area contributed by atoms with E-state index in [1.165, 1.54) is 0 Å². The largest absolute Gasteiger partial charge is 0.314 e. The maximum Gasteiger partial charge on any atom is 0.228 e. The van der Waals surface area contributed by atoms with Gasteiger partial charge in [0, 0.05) is 54.7 Å². The third-order valence-corrected chi connectivity index (χ3v) is 1.12. The molecule has 0 aliphatic carbocycles. The van der Waals surface area contributed by atoms with Gasteiger partial charge in [-0.1, -0.05) is 0 Å². The normalized spacial score (nSPS) is 12.4. The second kappa shape index (κ2) is 10.3. The van der Waals surface area contributed by atoms with Gasteiger partial charge in [0.25, 0.3) is 0 Å². The standard InChI is InChI=1S/C7H10N2.2Pd/c1-6(8-3)5-7(2)9-4;;/h6-7H,5H2,1-2H3;;. The van der Waals surface area contributed by atoms with E-state index in [1.807, 2.05) is 13.8 Å². The fourth-order valence-electron chi connectivity index (χ4n) is 0.599. The van der Waals surface area contributed by atoms with Crippen molar-refractivity contribution in [1.82, 2.24) is 0 Å². The molecule has 0 aliphatic rings. The average Bonchev–Trinajstić information content (AvgIpc) is 1.87. The summed E-state index contributed by atoms with van der Waals surface area (Å²) in [5.41, 5.74) is 0. The molecule has 0 saturated heterocycles. The smallest absolute Gasteiger partial charge is 0.228 e. The summed E-state index contributed by atoms with van der Waals surface area (Å²) in [5.74, 6) is 0. The summed E-state index contributed by atoms with van der Waals surface area (Å²) in [6.07, 6.45) is 0.701. The molecule has 0 fully saturated rings. The molecule has 2 unspecified atom stereocenters. The van der Waals surface area contributed by atoms with Gasteiger partial charge >= 0.3 is 0 Å². The van der Waals surface area contributed by atoms with Crippen molar-refractivity contribution in [3.05, 3.63) is 22.8 Å². The summed E-state index contributed by atoms with van der Waals surface area (Å²) in [6, 6.07) is 0.0169. The van der Waals surface area contributed by atoms with Gasteiger partial charge in [-0.25, -0.2) is 13.1 Å². The van der Waals surface area contributed by atoms with Crippen LogP contribution in [0, 0.1) is 13.1 Å².